The van der Waals surface area contributed by atoms with E-state index < -0.39 is 0 Å². The normalized spacial score (nSPS) is 12.4. The van der Waals surface area contributed by atoms with E-state index in [9.17, 15) is 0 Å². The second-order valence-electron chi connectivity index (χ2n) is 6.12. The van der Waals surface area contributed by atoms with Gasteiger partial charge in [0.1, 0.15) is 11.3 Å². The Balaban J connectivity index is 1.58. The van der Waals surface area contributed by atoms with Crippen LogP contribution in [0, 0.1) is 6.92 Å². The van der Waals surface area contributed by atoms with Gasteiger partial charge in [0, 0.05) is 18.6 Å². The molecular weight excluding hydrogens is 314 g/mol. The zero-order chi connectivity index (χ0) is 17.4. The Morgan fingerprint density at radius 2 is 1.92 bits per heavy atom. The monoisotopic (exact) mass is 333 g/mol. The number of furan rings is 1. The number of para-hydroxylation sites is 1. The number of benzene rings is 1. The molecule has 25 heavy (non-hydrogen) atoms. The number of hydrogen-bond acceptors (Lipinski definition) is 5. The molecule has 4 rings (SSSR count). The molecule has 0 aliphatic heterocycles. The van der Waals surface area contributed by atoms with Crippen molar-refractivity contribution in [3.63, 3.8) is 0 Å². The molecule has 0 spiro atoms. The van der Waals surface area contributed by atoms with Gasteiger partial charge in [-0.15, -0.1) is 10.2 Å². The minimum Gasteiger partial charge on any atom is -0.459 e. The number of aryl methyl sites for hydroxylation is 1. The average molecular weight is 333 g/mol. The van der Waals surface area contributed by atoms with Gasteiger partial charge in [0.15, 0.2) is 11.6 Å². The van der Waals surface area contributed by atoms with E-state index in [2.05, 4.69) is 34.4 Å². The molecule has 0 amide bonds. The number of rotatable bonds is 4. The van der Waals surface area contributed by atoms with Gasteiger partial charge in [0.2, 0.25) is 0 Å². The van der Waals surface area contributed by atoms with Crippen molar-refractivity contribution in [1.82, 2.24) is 20.0 Å². The first-order valence-corrected chi connectivity index (χ1v) is 8.19. The predicted octanol–water partition coefficient (Wildman–Crippen LogP) is 3.91. The highest BCUT2D eigenvalue weighted by Gasteiger charge is 2.18. The molecule has 0 fully saturated rings. The molecule has 3 aromatic heterocycles. The van der Waals surface area contributed by atoms with Crippen LogP contribution in [-0.4, -0.2) is 27.0 Å². The van der Waals surface area contributed by atoms with Gasteiger partial charge in [-0.3, -0.25) is 0 Å². The summed E-state index contributed by atoms with van der Waals surface area (Å²) < 4.78 is 7.68. The molecule has 1 aromatic carbocycles. The van der Waals surface area contributed by atoms with Gasteiger partial charge in [0.25, 0.3) is 0 Å². The standard InChI is InChI=1S/C19H19N5O/c1-13-10-11-24(22-13)19-9-8-18(20-21-19)23(3)14(2)17-12-15-6-4-5-7-16(15)25-17/h4-12,14H,1-3H3. The Morgan fingerprint density at radius 3 is 2.60 bits per heavy atom. The van der Waals surface area contributed by atoms with Gasteiger partial charge < -0.3 is 9.32 Å². The van der Waals surface area contributed by atoms with Crippen molar-refractivity contribution in [2.75, 3.05) is 11.9 Å². The quantitative estimate of drug-likeness (QED) is 0.566. The van der Waals surface area contributed by atoms with E-state index in [4.69, 9.17) is 4.42 Å². The molecule has 0 saturated heterocycles. The van der Waals surface area contributed by atoms with Crippen LogP contribution in [0.3, 0.4) is 0 Å². The van der Waals surface area contributed by atoms with E-state index >= 15 is 0 Å². The van der Waals surface area contributed by atoms with E-state index in [-0.39, 0.29) is 6.04 Å². The topological polar surface area (TPSA) is 60.0 Å². The fraction of sp³-hybridized carbons (Fsp3) is 0.211. The molecule has 6 nitrogen and oxygen atoms in total. The van der Waals surface area contributed by atoms with Crippen LogP contribution in [0.5, 0.6) is 0 Å². The second-order valence-corrected chi connectivity index (χ2v) is 6.12. The first kappa shape index (κ1) is 15.4. The molecule has 0 aliphatic carbocycles. The van der Waals surface area contributed by atoms with Gasteiger partial charge in [-0.05, 0) is 44.2 Å². The van der Waals surface area contributed by atoms with Crippen LogP contribution in [0.2, 0.25) is 0 Å². The van der Waals surface area contributed by atoms with Gasteiger partial charge in [-0.2, -0.15) is 5.10 Å². The van der Waals surface area contributed by atoms with Gasteiger partial charge in [-0.1, -0.05) is 18.2 Å². The van der Waals surface area contributed by atoms with Crippen molar-refractivity contribution in [1.29, 1.82) is 0 Å². The third-order valence-electron chi connectivity index (χ3n) is 4.39. The van der Waals surface area contributed by atoms with Crippen LogP contribution in [0.4, 0.5) is 5.82 Å². The number of anilines is 1. The zero-order valence-electron chi connectivity index (χ0n) is 14.4. The SMILES string of the molecule is Cc1ccn(-c2ccc(N(C)C(C)c3cc4ccccc4o3)nn2)n1. The summed E-state index contributed by atoms with van der Waals surface area (Å²) in [4.78, 5) is 2.04. The highest BCUT2D eigenvalue weighted by molar-refractivity contribution is 5.77. The summed E-state index contributed by atoms with van der Waals surface area (Å²) in [5.41, 5.74) is 1.84. The van der Waals surface area contributed by atoms with Gasteiger partial charge in [0.05, 0.1) is 11.7 Å². The summed E-state index contributed by atoms with van der Waals surface area (Å²) in [5, 5.41) is 14.1. The van der Waals surface area contributed by atoms with Gasteiger partial charge >= 0.3 is 0 Å². The van der Waals surface area contributed by atoms with Crippen molar-refractivity contribution >= 4 is 16.8 Å². The lowest BCUT2D eigenvalue weighted by molar-refractivity contribution is 0.500. The molecule has 1 atom stereocenters. The molecule has 0 radical (unpaired) electrons. The molecule has 0 saturated carbocycles. The maximum absolute atomic E-state index is 5.96. The number of aromatic nitrogens is 4. The third-order valence-corrected chi connectivity index (χ3v) is 4.39. The molecule has 0 bridgehead atoms. The number of hydrogen-bond donors (Lipinski definition) is 0. The molecule has 0 aliphatic rings. The van der Waals surface area contributed by atoms with Crippen molar-refractivity contribution < 1.29 is 4.42 Å². The molecule has 6 heteroatoms. The molecule has 4 aromatic rings. The Kier molecular flexibility index (Phi) is 3.72. The smallest absolute Gasteiger partial charge is 0.175 e. The van der Waals surface area contributed by atoms with Crippen LogP contribution in [0.15, 0.2) is 59.1 Å². The van der Waals surface area contributed by atoms with Crippen LogP contribution in [0.25, 0.3) is 16.8 Å². The Hall–Kier alpha value is -3.15. The lowest BCUT2D eigenvalue weighted by Gasteiger charge is -2.23. The van der Waals surface area contributed by atoms with Crippen LogP contribution < -0.4 is 4.90 Å². The Bertz CT molecular complexity index is 969. The van der Waals surface area contributed by atoms with E-state index in [1.807, 2.05) is 61.5 Å². The first-order chi connectivity index (χ1) is 12.1. The fourth-order valence-corrected chi connectivity index (χ4v) is 2.77. The summed E-state index contributed by atoms with van der Waals surface area (Å²) in [6.45, 7) is 4.03. The highest BCUT2D eigenvalue weighted by Crippen LogP contribution is 2.28. The number of nitrogens with zero attached hydrogens (tertiary/aromatic N) is 5. The minimum atomic E-state index is 0.0412. The van der Waals surface area contributed by atoms with Crippen molar-refractivity contribution in [2.24, 2.45) is 0 Å². The number of fused-ring (bicyclic) bond motifs is 1. The highest BCUT2D eigenvalue weighted by atomic mass is 16.3. The minimum absolute atomic E-state index is 0.0412. The molecule has 3 heterocycles. The largest absolute Gasteiger partial charge is 0.459 e. The summed E-state index contributed by atoms with van der Waals surface area (Å²) in [6, 6.07) is 15.9. The van der Waals surface area contributed by atoms with Crippen molar-refractivity contribution in [3.8, 4) is 5.82 Å². The second kappa shape index (κ2) is 6.05. The molecule has 0 N–H and O–H groups in total. The van der Waals surface area contributed by atoms with E-state index in [1.165, 1.54) is 0 Å². The van der Waals surface area contributed by atoms with Crippen molar-refractivity contribution in [3.05, 3.63) is 66.2 Å². The average Bonchev–Trinajstić information content (AvgIpc) is 3.26. The maximum Gasteiger partial charge on any atom is 0.175 e. The molecular formula is C19H19N5O. The Labute approximate surface area is 145 Å². The van der Waals surface area contributed by atoms with Crippen molar-refractivity contribution in [2.45, 2.75) is 19.9 Å². The van der Waals surface area contributed by atoms with E-state index in [0.29, 0.717) is 5.82 Å². The zero-order valence-corrected chi connectivity index (χ0v) is 14.4. The van der Waals surface area contributed by atoms with Gasteiger partial charge in [-0.25, -0.2) is 4.68 Å². The predicted molar refractivity (Wildman–Crippen MR) is 96.9 cm³/mol. The summed E-state index contributed by atoms with van der Waals surface area (Å²) in [5.74, 6) is 2.37. The molecule has 1 unspecified atom stereocenters. The van der Waals surface area contributed by atoms with Crippen LogP contribution in [-0.2, 0) is 0 Å². The van der Waals surface area contributed by atoms with Crippen LogP contribution in [0.1, 0.15) is 24.4 Å². The maximum atomic E-state index is 5.96. The first-order valence-electron chi connectivity index (χ1n) is 8.19. The van der Waals surface area contributed by atoms with E-state index in [0.717, 1.165) is 28.2 Å². The molecule has 126 valence electrons. The third kappa shape index (κ3) is 2.87. The summed E-state index contributed by atoms with van der Waals surface area (Å²) >= 11 is 0. The fourth-order valence-electron chi connectivity index (χ4n) is 2.77. The van der Waals surface area contributed by atoms with E-state index in [1.54, 1.807) is 4.68 Å². The summed E-state index contributed by atoms with van der Waals surface area (Å²) in [7, 11) is 1.99. The summed E-state index contributed by atoms with van der Waals surface area (Å²) in [6.07, 6.45) is 1.87. The lowest BCUT2D eigenvalue weighted by atomic mass is 10.2. The lowest BCUT2D eigenvalue weighted by Crippen LogP contribution is -2.22. The van der Waals surface area contributed by atoms with Crippen LogP contribution >= 0.6 is 0 Å². The Morgan fingerprint density at radius 1 is 1.08 bits per heavy atom.